The molecule has 7 heteroatoms. The Balaban J connectivity index is 2.22. The molecule has 1 aliphatic rings. The van der Waals surface area contributed by atoms with Crippen molar-refractivity contribution in [2.45, 2.75) is 46.1 Å². The van der Waals surface area contributed by atoms with Gasteiger partial charge in [-0.25, -0.2) is 18.4 Å². The lowest BCUT2D eigenvalue weighted by Crippen LogP contribution is -2.37. The molecule has 0 radical (unpaired) electrons. The lowest BCUT2D eigenvalue weighted by atomic mass is 10.2. The lowest BCUT2D eigenvalue weighted by molar-refractivity contribution is 0.599. The predicted octanol–water partition coefficient (Wildman–Crippen LogP) is 2.12. The molecule has 1 unspecified atom stereocenters. The molecular formula is C16H28N4O2S. The maximum atomic E-state index is 11.8. The van der Waals surface area contributed by atoms with E-state index in [9.17, 15) is 8.42 Å². The largest absolute Gasteiger partial charge is 0.356 e. The summed E-state index contributed by atoms with van der Waals surface area (Å²) in [6, 6.07) is 2.03. The molecule has 1 aromatic heterocycles. The number of sulfone groups is 1. The van der Waals surface area contributed by atoms with E-state index in [1.54, 1.807) is 6.33 Å². The summed E-state index contributed by atoms with van der Waals surface area (Å²) in [5, 5.41) is 0. The van der Waals surface area contributed by atoms with E-state index < -0.39 is 9.84 Å². The van der Waals surface area contributed by atoms with E-state index >= 15 is 0 Å². The second-order valence-corrected chi connectivity index (χ2v) is 8.29. The van der Waals surface area contributed by atoms with Crippen molar-refractivity contribution in [3.63, 3.8) is 0 Å². The van der Waals surface area contributed by atoms with E-state index in [0.717, 1.165) is 44.1 Å². The maximum absolute atomic E-state index is 11.8. The van der Waals surface area contributed by atoms with Gasteiger partial charge in [0.1, 0.15) is 18.0 Å². The topological polar surface area (TPSA) is 66.4 Å². The Bertz CT molecular complexity index is 600. The monoisotopic (exact) mass is 340 g/mol. The SMILES string of the molecule is CCCN(CCC)c1cc(N(CC)C2CCS(=O)(=O)C2)ncn1. The molecule has 6 nitrogen and oxygen atoms in total. The first-order valence-corrected chi connectivity index (χ1v) is 10.4. The van der Waals surface area contributed by atoms with Gasteiger partial charge < -0.3 is 9.80 Å². The normalized spacial score (nSPS) is 19.7. The summed E-state index contributed by atoms with van der Waals surface area (Å²) in [6.07, 6.45) is 4.41. The molecule has 0 aromatic carbocycles. The Morgan fingerprint density at radius 1 is 1.13 bits per heavy atom. The average Bonchev–Trinajstić information content (AvgIpc) is 2.88. The van der Waals surface area contributed by atoms with Crippen molar-refractivity contribution in [2.75, 3.05) is 40.9 Å². The van der Waals surface area contributed by atoms with Gasteiger partial charge in [0.05, 0.1) is 11.5 Å². The van der Waals surface area contributed by atoms with Crippen molar-refractivity contribution in [1.82, 2.24) is 9.97 Å². The van der Waals surface area contributed by atoms with Crippen LogP contribution in [0, 0.1) is 0 Å². The Morgan fingerprint density at radius 2 is 1.78 bits per heavy atom. The third-order valence-corrected chi connectivity index (χ3v) is 5.98. The molecule has 23 heavy (non-hydrogen) atoms. The van der Waals surface area contributed by atoms with Crippen LogP contribution < -0.4 is 9.80 Å². The second-order valence-electron chi connectivity index (χ2n) is 6.06. The zero-order chi connectivity index (χ0) is 16.9. The third-order valence-electron chi connectivity index (χ3n) is 4.23. The van der Waals surface area contributed by atoms with Gasteiger partial charge in [-0.1, -0.05) is 13.8 Å². The molecular weight excluding hydrogens is 312 g/mol. The molecule has 2 heterocycles. The minimum Gasteiger partial charge on any atom is -0.356 e. The molecule has 1 atom stereocenters. The minimum absolute atomic E-state index is 0.0264. The highest BCUT2D eigenvalue weighted by molar-refractivity contribution is 7.91. The molecule has 1 aromatic rings. The maximum Gasteiger partial charge on any atom is 0.152 e. The highest BCUT2D eigenvalue weighted by atomic mass is 32.2. The Hall–Kier alpha value is -1.37. The molecule has 0 spiro atoms. The van der Waals surface area contributed by atoms with Gasteiger partial charge in [-0.05, 0) is 26.2 Å². The highest BCUT2D eigenvalue weighted by Crippen LogP contribution is 2.25. The smallest absolute Gasteiger partial charge is 0.152 e. The van der Waals surface area contributed by atoms with Gasteiger partial charge in [0.25, 0.3) is 0 Å². The standard InChI is InChI=1S/C16H28N4O2S/c1-4-8-19(9-5-2)15-11-16(18-13-17-15)20(6-3)14-7-10-23(21,22)12-14/h11,13-14H,4-10,12H2,1-3H3. The fourth-order valence-corrected chi connectivity index (χ4v) is 4.91. The van der Waals surface area contributed by atoms with E-state index in [1.807, 2.05) is 13.0 Å². The average molecular weight is 340 g/mol. The first-order chi connectivity index (χ1) is 11.0. The van der Waals surface area contributed by atoms with Gasteiger partial charge in [0.2, 0.25) is 0 Å². The summed E-state index contributed by atoms with van der Waals surface area (Å²) in [5.41, 5.74) is 0. The van der Waals surface area contributed by atoms with Crippen molar-refractivity contribution >= 4 is 21.5 Å². The molecule has 130 valence electrons. The van der Waals surface area contributed by atoms with Crippen LogP contribution >= 0.6 is 0 Å². The van der Waals surface area contributed by atoms with Crippen LogP contribution in [0.25, 0.3) is 0 Å². The Kier molecular flexibility index (Phi) is 6.21. The zero-order valence-electron chi connectivity index (χ0n) is 14.4. The van der Waals surface area contributed by atoms with Crippen LogP contribution in [-0.2, 0) is 9.84 Å². The molecule has 2 rings (SSSR count). The van der Waals surface area contributed by atoms with Crippen molar-refractivity contribution in [2.24, 2.45) is 0 Å². The number of nitrogens with zero attached hydrogens (tertiary/aromatic N) is 4. The molecule has 1 fully saturated rings. The van der Waals surface area contributed by atoms with Crippen molar-refractivity contribution in [1.29, 1.82) is 0 Å². The van der Waals surface area contributed by atoms with Crippen LogP contribution in [0.2, 0.25) is 0 Å². The molecule has 0 N–H and O–H groups in total. The quantitative estimate of drug-likeness (QED) is 0.722. The van der Waals surface area contributed by atoms with Crippen molar-refractivity contribution in [3.8, 4) is 0 Å². The summed E-state index contributed by atoms with van der Waals surface area (Å²) < 4.78 is 23.5. The molecule has 1 aliphatic heterocycles. The zero-order valence-corrected chi connectivity index (χ0v) is 15.2. The van der Waals surface area contributed by atoms with Gasteiger partial charge in [-0.2, -0.15) is 0 Å². The Morgan fingerprint density at radius 3 is 2.30 bits per heavy atom. The van der Waals surface area contributed by atoms with Gasteiger partial charge >= 0.3 is 0 Å². The van der Waals surface area contributed by atoms with E-state index in [4.69, 9.17) is 0 Å². The number of aromatic nitrogens is 2. The Labute approximate surface area is 139 Å². The summed E-state index contributed by atoms with van der Waals surface area (Å²) in [7, 11) is -2.90. The summed E-state index contributed by atoms with van der Waals surface area (Å²) >= 11 is 0. The van der Waals surface area contributed by atoms with Crippen LogP contribution in [0.1, 0.15) is 40.0 Å². The van der Waals surface area contributed by atoms with E-state index in [2.05, 4.69) is 33.6 Å². The third kappa shape index (κ3) is 4.56. The molecule has 1 saturated heterocycles. The van der Waals surface area contributed by atoms with Crippen molar-refractivity contribution < 1.29 is 8.42 Å². The van der Waals surface area contributed by atoms with Crippen LogP contribution in [0.3, 0.4) is 0 Å². The van der Waals surface area contributed by atoms with E-state index in [0.29, 0.717) is 6.42 Å². The lowest BCUT2D eigenvalue weighted by Gasteiger charge is -2.29. The summed E-state index contributed by atoms with van der Waals surface area (Å²) in [4.78, 5) is 13.2. The van der Waals surface area contributed by atoms with E-state index in [1.165, 1.54) is 0 Å². The second kappa shape index (κ2) is 7.95. The fourth-order valence-electron chi connectivity index (χ4n) is 3.18. The van der Waals surface area contributed by atoms with Crippen LogP contribution in [0.5, 0.6) is 0 Å². The number of hydrogen-bond donors (Lipinski definition) is 0. The predicted molar refractivity (Wildman–Crippen MR) is 94.9 cm³/mol. The van der Waals surface area contributed by atoms with Gasteiger partial charge in [0, 0.05) is 31.7 Å². The molecule has 0 bridgehead atoms. The van der Waals surface area contributed by atoms with Crippen LogP contribution in [0.15, 0.2) is 12.4 Å². The van der Waals surface area contributed by atoms with Crippen LogP contribution in [-0.4, -0.2) is 55.6 Å². The first kappa shape index (κ1) is 18.0. The molecule has 0 saturated carbocycles. The van der Waals surface area contributed by atoms with Gasteiger partial charge in [-0.3, -0.25) is 0 Å². The summed E-state index contributed by atoms with van der Waals surface area (Å²) in [5.74, 6) is 2.27. The molecule has 0 amide bonds. The number of anilines is 2. The van der Waals surface area contributed by atoms with Gasteiger partial charge in [-0.15, -0.1) is 0 Å². The molecule has 0 aliphatic carbocycles. The van der Waals surface area contributed by atoms with Crippen LogP contribution in [0.4, 0.5) is 11.6 Å². The number of rotatable bonds is 8. The van der Waals surface area contributed by atoms with Gasteiger partial charge in [0.15, 0.2) is 9.84 Å². The van der Waals surface area contributed by atoms with Crippen molar-refractivity contribution in [3.05, 3.63) is 12.4 Å². The minimum atomic E-state index is -2.90. The summed E-state index contributed by atoms with van der Waals surface area (Å²) in [6.45, 7) is 9.04. The fraction of sp³-hybridized carbons (Fsp3) is 0.750. The first-order valence-electron chi connectivity index (χ1n) is 8.54. The number of hydrogen-bond acceptors (Lipinski definition) is 6. The highest BCUT2D eigenvalue weighted by Gasteiger charge is 2.32. The van der Waals surface area contributed by atoms with E-state index in [-0.39, 0.29) is 17.5 Å².